The van der Waals surface area contributed by atoms with Crippen LogP contribution in [-0.2, 0) is 0 Å². The number of nitrogens with zero attached hydrogens (tertiary/aromatic N) is 1. The first kappa shape index (κ1) is 16.4. The largest absolute Gasteiger partial charge is 0.347 e. The Hall–Kier alpha value is 0.354. The molecule has 2 nitrogen and oxygen atoms in total. The normalized spacial score (nSPS) is 16.9. The zero-order valence-electron chi connectivity index (χ0n) is 12.4. The summed E-state index contributed by atoms with van der Waals surface area (Å²) in [5.41, 5.74) is 0.774. The smallest absolute Gasteiger partial charge is 0.240 e. The fraction of sp³-hybridized carbons (Fsp3) is 1.00. The molecule has 1 N–H and O–H groups in total. The lowest BCUT2D eigenvalue weighted by molar-refractivity contribution is 0.488. The fourth-order valence-corrected chi connectivity index (χ4v) is 8.04. The first-order valence-corrected chi connectivity index (χ1v) is 9.99. The predicted octanol–water partition coefficient (Wildman–Crippen LogP) is 3.24. The molecule has 0 aliphatic carbocycles. The predicted molar refractivity (Wildman–Crippen MR) is 78.2 cm³/mol. The molecule has 0 saturated carbocycles. The summed E-state index contributed by atoms with van der Waals surface area (Å²) in [5, 5.41) is 0.418. The van der Waals surface area contributed by atoms with Gasteiger partial charge in [-0.2, -0.15) is 0 Å². The molecule has 1 atom stereocenters. The zero-order valence-corrected chi connectivity index (χ0v) is 14.4. The van der Waals surface area contributed by atoms with Gasteiger partial charge in [0.05, 0.1) is 0 Å². The molecule has 2 radical (unpaired) electrons. The van der Waals surface area contributed by atoms with E-state index in [-0.39, 0.29) is 0 Å². The van der Waals surface area contributed by atoms with Crippen LogP contribution in [0.5, 0.6) is 0 Å². The van der Waals surface area contributed by atoms with Crippen molar-refractivity contribution < 1.29 is 0 Å². The van der Waals surface area contributed by atoms with Gasteiger partial charge < -0.3 is 9.21 Å². The lowest BCUT2D eigenvalue weighted by atomic mass is 10.2. The van der Waals surface area contributed by atoms with Crippen LogP contribution in [0.2, 0.25) is 17.1 Å². The third kappa shape index (κ3) is 3.98. The molecule has 96 valence electrons. The van der Waals surface area contributed by atoms with E-state index in [1.54, 1.807) is 0 Å². The molecule has 16 heavy (non-hydrogen) atoms. The van der Waals surface area contributed by atoms with E-state index in [9.17, 15) is 0 Å². The zero-order chi connectivity index (χ0) is 13.0. The molecule has 0 saturated heterocycles. The van der Waals surface area contributed by atoms with E-state index < -0.39 is 8.24 Å². The maximum Gasteiger partial charge on any atom is 0.240 e. The van der Waals surface area contributed by atoms with Gasteiger partial charge in [-0.05, 0) is 23.7 Å². The average molecular weight is 259 g/mol. The third-order valence-electron chi connectivity index (χ3n) is 3.95. The van der Waals surface area contributed by atoms with Gasteiger partial charge in [-0.1, -0.05) is 55.0 Å². The summed E-state index contributed by atoms with van der Waals surface area (Å²) in [6.07, 6.45) is 0. The van der Waals surface area contributed by atoms with Crippen molar-refractivity contribution in [3.05, 3.63) is 0 Å². The quantitative estimate of drug-likeness (QED) is 0.736. The molecule has 4 heteroatoms. The second kappa shape index (κ2) is 6.33. The van der Waals surface area contributed by atoms with Gasteiger partial charge in [0.2, 0.25) is 9.84 Å². The van der Waals surface area contributed by atoms with Crippen LogP contribution in [0, 0.1) is 0 Å². The minimum atomic E-state index is -1.40. The first-order chi connectivity index (χ1) is 7.19. The Labute approximate surface area is 106 Å². The van der Waals surface area contributed by atoms with Crippen molar-refractivity contribution >= 4 is 18.1 Å². The Morgan fingerprint density at radius 1 is 1.19 bits per heavy atom. The van der Waals surface area contributed by atoms with Crippen LogP contribution in [0.4, 0.5) is 0 Å². The van der Waals surface area contributed by atoms with Crippen molar-refractivity contribution in [2.24, 2.45) is 0 Å². The number of hydrogen-bond donors (Lipinski definition) is 1. The number of rotatable bonds is 6. The van der Waals surface area contributed by atoms with Crippen molar-refractivity contribution in [2.45, 2.75) is 65.6 Å². The molecule has 0 aromatic carbocycles. The highest BCUT2D eigenvalue weighted by Crippen LogP contribution is 2.40. The minimum Gasteiger partial charge on any atom is -0.347 e. The summed E-state index contributed by atoms with van der Waals surface area (Å²) in [7, 11) is -0.617. The molecule has 1 unspecified atom stereocenters. The molecule has 0 aromatic heterocycles. The second-order valence-electron chi connectivity index (χ2n) is 6.02. The lowest BCUT2D eigenvalue weighted by Crippen LogP contribution is -2.61. The van der Waals surface area contributed by atoms with E-state index in [1.165, 1.54) is 0 Å². The molecular weight excluding hydrogens is 228 g/mol. The highest BCUT2D eigenvalue weighted by molar-refractivity contribution is 6.84. The van der Waals surface area contributed by atoms with Gasteiger partial charge in [-0.3, -0.25) is 0 Å². The van der Waals surface area contributed by atoms with E-state index in [0.717, 1.165) is 28.5 Å². The molecule has 0 heterocycles. The van der Waals surface area contributed by atoms with Crippen LogP contribution in [0.15, 0.2) is 0 Å². The second-order valence-corrected chi connectivity index (χ2v) is 12.9. The maximum atomic E-state index is 3.93. The lowest BCUT2D eigenvalue weighted by Gasteiger charge is -2.44. The summed E-state index contributed by atoms with van der Waals surface area (Å²) in [6.45, 7) is 21.2. The number of hydrogen-bond acceptors (Lipinski definition) is 2. The monoisotopic (exact) mass is 258 g/mol. The summed E-state index contributed by atoms with van der Waals surface area (Å²) < 4.78 is 6.42. The summed E-state index contributed by atoms with van der Waals surface area (Å²) >= 11 is 0. The van der Waals surface area contributed by atoms with Gasteiger partial charge in [0, 0.05) is 0 Å². The third-order valence-corrected chi connectivity index (χ3v) is 12.8. The Balaban J connectivity index is 4.59. The highest BCUT2D eigenvalue weighted by atomic mass is 28.4. The SMILES string of the molecule is CCN(CC)[Si]N[Si](C)(C(C)C)C(C)(C)C. The van der Waals surface area contributed by atoms with Crippen LogP contribution < -0.4 is 4.65 Å². The van der Waals surface area contributed by atoms with Gasteiger partial charge in [0.1, 0.15) is 8.24 Å². The van der Waals surface area contributed by atoms with Crippen molar-refractivity contribution in [1.29, 1.82) is 0 Å². The Bertz CT molecular complexity index is 198. The van der Waals surface area contributed by atoms with Crippen LogP contribution in [-0.4, -0.2) is 35.7 Å². The molecule has 0 aliphatic rings. The van der Waals surface area contributed by atoms with Crippen LogP contribution in [0.1, 0.15) is 48.5 Å². The van der Waals surface area contributed by atoms with E-state index in [0.29, 0.717) is 5.04 Å². The van der Waals surface area contributed by atoms with Gasteiger partial charge >= 0.3 is 0 Å². The maximum absolute atomic E-state index is 3.93. The molecule has 0 bridgehead atoms. The van der Waals surface area contributed by atoms with Crippen molar-refractivity contribution in [3.63, 3.8) is 0 Å². The van der Waals surface area contributed by atoms with Crippen molar-refractivity contribution in [3.8, 4) is 0 Å². The van der Waals surface area contributed by atoms with E-state index in [1.807, 2.05) is 0 Å². The Morgan fingerprint density at radius 2 is 1.62 bits per heavy atom. The van der Waals surface area contributed by atoms with Gasteiger partial charge in [-0.15, -0.1) is 0 Å². The standard InChI is InChI=1S/C12H30N2Si2/c1-9-14(10-2)15-13-16(8,11(3)4)12(5,6)7/h11,13H,9-10H2,1-8H3. The molecule has 0 aromatic rings. The van der Waals surface area contributed by atoms with Crippen LogP contribution in [0.3, 0.4) is 0 Å². The summed E-state index contributed by atoms with van der Waals surface area (Å²) in [6, 6.07) is 0. The molecule has 0 amide bonds. The topological polar surface area (TPSA) is 15.3 Å². The summed E-state index contributed by atoms with van der Waals surface area (Å²) in [4.78, 5) is 0. The number of nitrogens with one attached hydrogen (secondary N) is 1. The van der Waals surface area contributed by atoms with E-state index >= 15 is 0 Å². The van der Waals surface area contributed by atoms with E-state index in [2.05, 4.69) is 64.2 Å². The molecule has 0 aliphatic heterocycles. The van der Waals surface area contributed by atoms with E-state index in [4.69, 9.17) is 0 Å². The molecule has 0 spiro atoms. The fourth-order valence-electron chi connectivity index (χ4n) is 1.77. The average Bonchev–Trinajstić information content (AvgIpc) is 2.16. The highest BCUT2D eigenvalue weighted by Gasteiger charge is 2.42. The van der Waals surface area contributed by atoms with Gasteiger partial charge in [-0.25, -0.2) is 0 Å². The Morgan fingerprint density at radius 3 is 1.88 bits per heavy atom. The Kier molecular flexibility index (Phi) is 6.47. The van der Waals surface area contributed by atoms with Gasteiger partial charge in [0.25, 0.3) is 0 Å². The van der Waals surface area contributed by atoms with Gasteiger partial charge in [0.15, 0.2) is 0 Å². The minimum absolute atomic E-state index is 0.418. The molecular formula is C12H30N2Si2. The summed E-state index contributed by atoms with van der Waals surface area (Å²) in [5.74, 6) is 0. The first-order valence-electron chi connectivity index (χ1n) is 6.46. The van der Waals surface area contributed by atoms with Crippen molar-refractivity contribution in [2.75, 3.05) is 13.1 Å². The molecule has 0 rings (SSSR count). The van der Waals surface area contributed by atoms with Crippen molar-refractivity contribution in [1.82, 2.24) is 9.21 Å². The van der Waals surface area contributed by atoms with Crippen LogP contribution in [0.25, 0.3) is 0 Å². The molecule has 0 fully saturated rings. The van der Waals surface area contributed by atoms with Crippen LogP contribution >= 0.6 is 0 Å².